The molecule has 3 fully saturated rings. The Bertz CT molecular complexity index is 1290. The predicted molar refractivity (Wildman–Crippen MR) is 141 cm³/mol. The van der Waals surface area contributed by atoms with Crippen LogP contribution in [0.4, 0.5) is 18.9 Å². The summed E-state index contributed by atoms with van der Waals surface area (Å²) in [5, 5.41) is 20.6. The van der Waals surface area contributed by atoms with Crippen molar-refractivity contribution in [2.75, 3.05) is 44.3 Å². The van der Waals surface area contributed by atoms with Gasteiger partial charge in [0.2, 0.25) is 10.0 Å². The summed E-state index contributed by atoms with van der Waals surface area (Å²) in [4.78, 5) is 4.61. The van der Waals surface area contributed by atoms with Gasteiger partial charge in [-0.05, 0) is 43.2 Å². The summed E-state index contributed by atoms with van der Waals surface area (Å²) in [7, 11) is -3.86. The minimum Gasteiger partial charge on any atom is -0.391 e. The topological polar surface area (TPSA) is 93.6 Å². The first-order valence-corrected chi connectivity index (χ1v) is 14.7. The highest BCUT2D eigenvalue weighted by Crippen LogP contribution is 2.39. The lowest BCUT2D eigenvalue weighted by molar-refractivity contribution is -0.258. The zero-order chi connectivity index (χ0) is 28.2. The number of piperazine rings is 1. The molecule has 5 atom stereocenters. The molecule has 0 spiro atoms. The van der Waals surface area contributed by atoms with Gasteiger partial charge >= 0.3 is 6.18 Å². The Morgan fingerprint density at radius 2 is 1.77 bits per heavy atom. The zero-order valence-corrected chi connectivity index (χ0v) is 23.0. The first kappa shape index (κ1) is 28.7. The second-order valence-corrected chi connectivity index (χ2v) is 12.9. The standard InChI is InChI=1S/C26H32F3N3O5S2/c1-25(34,26(27,28)29)17-6-8-18(9-7-17)31-11-10-30(39(35,36)24-5-3-2-4-23(24)38)13-20(31)14-32-19-12-22(33)21(32)16-37-15-19/h2-9,19-22,33-34,38H,10-16H2,1H3/t19-,20-,21-,22+,25-/m1/s1. The molecule has 3 aliphatic rings. The summed E-state index contributed by atoms with van der Waals surface area (Å²) in [5.74, 6) is 0. The van der Waals surface area contributed by atoms with E-state index < -0.39 is 27.9 Å². The maximum Gasteiger partial charge on any atom is 0.421 e. The molecule has 3 heterocycles. The van der Waals surface area contributed by atoms with Crippen molar-refractivity contribution in [2.45, 2.75) is 59.1 Å². The van der Waals surface area contributed by atoms with E-state index in [1.807, 2.05) is 4.90 Å². The fourth-order valence-electron chi connectivity index (χ4n) is 5.78. The van der Waals surface area contributed by atoms with Gasteiger partial charge in [-0.1, -0.05) is 24.3 Å². The SMILES string of the molecule is C[C@@](O)(c1ccc(N2CCN(S(=O)(=O)c3ccccc3S)C[C@@H]2CN2[C@H]3COC[C@@H]2[C@@H](O)C3)cc1)C(F)(F)F. The van der Waals surface area contributed by atoms with Crippen molar-refractivity contribution in [3.05, 3.63) is 54.1 Å². The van der Waals surface area contributed by atoms with Gasteiger partial charge in [-0.25, -0.2) is 8.42 Å². The van der Waals surface area contributed by atoms with E-state index in [4.69, 9.17) is 4.74 Å². The van der Waals surface area contributed by atoms with Crippen molar-refractivity contribution in [1.82, 2.24) is 9.21 Å². The third-order valence-corrected chi connectivity index (χ3v) is 10.6. The van der Waals surface area contributed by atoms with Crippen molar-refractivity contribution in [1.29, 1.82) is 0 Å². The molecule has 0 saturated carbocycles. The average Bonchev–Trinajstić information content (AvgIpc) is 3.04. The third-order valence-electron chi connectivity index (χ3n) is 8.11. The van der Waals surface area contributed by atoms with E-state index in [0.717, 1.165) is 0 Å². The number of alkyl halides is 3. The summed E-state index contributed by atoms with van der Waals surface area (Å²) >= 11 is 4.34. The number of morpholine rings is 1. The van der Waals surface area contributed by atoms with Crippen molar-refractivity contribution in [3.63, 3.8) is 0 Å². The van der Waals surface area contributed by atoms with E-state index in [0.29, 0.717) is 50.2 Å². The zero-order valence-electron chi connectivity index (χ0n) is 21.3. The van der Waals surface area contributed by atoms with Crippen LogP contribution < -0.4 is 4.90 Å². The van der Waals surface area contributed by atoms with Crippen LogP contribution in [0.3, 0.4) is 0 Å². The van der Waals surface area contributed by atoms with Crippen LogP contribution >= 0.6 is 12.6 Å². The molecule has 39 heavy (non-hydrogen) atoms. The van der Waals surface area contributed by atoms with Crippen molar-refractivity contribution in [3.8, 4) is 0 Å². The number of anilines is 1. The van der Waals surface area contributed by atoms with E-state index in [1.54, 1.807) is 18.2 Å². The fourth-order valence-corrected chi connectivity index (χ4v) is 7.84. The molecule has 0 radical (unpaired) electrons. The molecule has 8 nitrogen and oxygen atoms in total. The van der Waals surface area contributed by atoms with Crippen LogP contribution in [0, 0.1) is 0 Å². The van der Waals surface area contributed by atoms with Gasteiger partial charge in [-0.15, -0.1) is 12.6 Å². The summed E-state index contributed by atoms with van der Waals surface area (Å²) in [5.41, 5.74) is -2.66. The van der Waals surface area contributed by atoms with Gasteiger partial charge < -0.3 is 19.8 Å². The van der Waals surface area contributed by atoms with Crippen LogP contribution in [0.25, 0.3) is 0 Å². The van der Waals surface area contributed by atoms with E-state index >= 15 is 0 Å². The van der Waals surface area contributed by atoms with Gasteiger partial charge in [-0.2, -0.15) is 17.5 Å². The van der Waals surface area contributed by atoms with E-state index in [9.17, 15) is 31.8 Å². The Hall–Kier alpha value is -1.87. The Labute approximate surface area is 231 Å². The number of hydrogen-bond acceptors (Lipinski definition) is 8. The number of halogens is 3. The number of hydrogen-bond donors (Lipinski definition) is 3. The minimum atomic E-state index is -4.84. The minimum absolute atomic E-state index is 0.00462. The van der Waals surface area contributed by atoms with Crippen molar-refractivity contribution < 1.29 is 36.5 Å². The van der Waals surface area contributed by atoms with Crippen LogP contribution in [0.15, 0.2) is 58.3 Å². The molecule has 2 N–H and O–H groups in total. The van der Waals surface area contributed by atoms with Gasteiger partial charge in [0, 0.05) is 42.8 Å². The average molecular weight is 588 g/mol. The number of benzene rings is 2. The number of nitrogens with zero attached hydrogens (tertiary/aromatic N) is 3. The second kappa shape index (κ2) is 10.5. The molecule has 13 heteroatoms. The molecule has 2 aromatic rings. The number of ether oxygens (including phenoxy) is 1. The number of sulfonamides is 1. The number of rotatable bonds is 6. The highest BCUT2D eigenvalue weighted by molar-refractivity contribution is 7.90. The number of aliphatic hydroxyl groups is 2. The largest absolute Gasteiger partial charge is 0.421 e. The second-order valence-electron chi connectivity index (χ2n) is 10.6. The molecule has 2 bridgehead atoms. The lowest BCUT2D eigenvalue weighted by Crippen LogP contribution is -2.61. The highest BCUT2D eigenvalue weighted by atomic mass is 32.2. The van der Waals surface area contributed by atoms with Gasteiger partial charge in [0.15, 0.2) is 5.60 Å². The van der Waals surface area contributed by atoms with Crippen molar-refractivity contribution in [2.24, 2.45) is 0 Å². The molecule has 0 aliphatic carbocycles. The van der Waals surface area contributed by atoms with Gasteiger partial charge in [-0.3, -0.25) is 4.90 Å². The molecule has 214 valence electrons. The highest BCUT2D eigenvalue weighted by Gasteiger charge is 2.51. The third kappa shape index (κ3) is 5.30. The van der Waals surface area contributed by atoms with Crippen LogP contribution in [0.2, 0.25) is 0 Å². The molecule has 3 saturated heterocycles. The Kier molecular flexibility index (Phi) is 7.72. The van der Waals surface area contributed by atoms with Gasteiger partial charge in [0.1, 0.15) is 0 Å². The van der Waals surface area contributed by atoms with Crippen LogP contribution in [0.5, 0.6) is 0 Å². The number of aliphatic hydroxyl groups excluding tert-OH is 1. The molecule has 5 rings (SSSR count). The Morgan fingerprint density at radius 1 is 1.08 bits per heavy atom. The number of fused-ring (bicyclic) bond motifs is 2. The predicted octanol–water partition coefficient (Wildman–Crippen LogP) is 2.46. The summed E-state index contributed by atoms with van der Waals surface area (Å²) in [6.45, 7) is 2.60. The van der Waals surface area contributed by atoms with Crippen molar-refractivity contribution >= 4 is 28.3 Å². The summed E-state index contributed by atoms with van der Waals surface area (Å²) in [6.07, 6.45) is -4.82. The smallest absolute Gasteiger partial charge is 0.391 e. The first-order chi connectivity index (χ1) is 18.3. The summed E-state index contributed by atoms with van der Waals surface area (Å²) < 4.78 is 74.3. The molecule has 0 unspecified atom stereocenters. The maximum atomic E-state index is 13.6. The van der Waals surface area contributed by atoms with E-state index in [1.165, 1.54) is 34.6 Å². The fraction of sp³-hybridized carbons (Fsp3) is 0.538. The Balaban J connectivity index is 1.44. The van der Waals surface area contributed by atoms with Crippen LogP contribution in [-0.4, -0.2) is 97.6 Å². The monoisotopic (exact) mass is 587 g/mol. The summed E-state index contributed by atoms with van der Waals surface area (Å²) in [6, 6.07) is 11.5. The molecular formula is C26H32F3N3O5S2. The lowest BCUT2D eigenvalue weighted by Gasteiger charge is -2.46. The Morgan fingerprint density at radius 3 is 2.41 bits per heavy atom. The lowest BCUT2D eigenvalue weighted by atomic mass is 9.95. The van der Waals surface area contributed by atoms with Crippen LogP contribution in [-0.2, 0) is 20.4 Å². The van der Waals surface area contributed by atoms with E-state index in [-0.39, 0.29) is 41.7 Å². The van der Waals surface area contributed by atoms with E-state index in [2.05, 4.69) is 17.5 Å². The molecule has 0 aromatic heterocycles. The quantitative estimate of drug-likeness (QED) is 0.448. The molecule has 3 aliphatic heterocycles. The normalized spacial score (nSPS) is 28.4. The van der Waals surface area contributed by atoms with Crippen LogP contribution in [0.1, 0.15) is 18.9 Å². The molecule has 0 amide bonds. The first-order valence-electron chi connectivity index (χ1n) is 12.8. The molecule has 2 aromatic carbocycles. The maximum absolute atomic E-state index is 13.6. The van der Waals surface area contributed by atoms with Gasteiger partial charge in [0.25, 0.3) is 0 Å². The number of thiol groups is 1. The molecular weight excluding hydrogens is 555 g/mol. The van der Waals surface area contributed by atoms with Gasteiger partial charge in [0.05, 0.1) is 36.3 Å².